The molecule has 1 aliphatic carbocycles. The van der Waals surface area contributed by atoms with Crippen LogP contribution in [0.1, 0.15) is 155 Å². The van der Waals surface area contributed by atoms with E-state index in [4.69, 9.17) is 9.47 Å². The van der Waals surface area contributed by atoms with Gasteiger partial charge in [-0.1, -0.05) is 117 Å². The van der Waals surface area contributed by atoms with Crippen LogP contribution in [0, 0.1) is 0 Å². The molecule has 0 bridgehead atoms. The summed E-state index contributed by atoms with van der Waals surface area (Å²) in [6.07, 6.45) is 30.9. The molecule has 0 N–H and O–H groups in total. The summed E-state index contributed by atoms with van der Waals surface area (Å²) in [6.45, 7) is 6.53. The molecular formula is C28H56O2. The zero-order valence-electron chi connectivity index (χ0n) is 20.9. The van der Waals surface area contributed by atoms with E-state index >= 15 is 0 Å². The lowest BCUT2D eigenvalue weighted by Crippen LogP contribution is -2.27. The first kappa shape index (κ1) is 28.0. The van der Waals surface area contributed by atoms with Gasteiger partial charge in [0.25, 0.3) is 0 Å². The molecule has 1 fully saturated rings. The fraction of sp³-hybridized carbons (Fsp3) is 1.00. The van der Waals surface area contributed by atoms with E-state index in [9.17, 15) is 0 Å². The molecule has 0 saturated heterocycles. The Bertz CT molecular complexity index is 291. The van der Waals surface area contributed by atoms with Gasteiger partial charge in [0.05, 0.1) is 12.2 Å². The van der Waals surface area contributed by atoms with Crippen LogP contribution < -0.4 is 0 Å². The fourth-order valence-electron chi connectivity index (χ4n) is 4.69. The van der Waals surface area contributed by atoms with Crippen molar-refractivity contribution in [2.75, 3.05) is 13.2 Å². The highest BCUT2D eigenvalue weighted by molar-refractivity contribution is 4.73. The normalized spacial score (nSPS) is 19.4. The standard InChI is InChI=1S/C28H56O2/c1-3-5-7-9-11-13-15-17-19-25-29-27-21-23-28(24-22-27)30-26-20-18-16-14-12-10-8-6-4-2/h27-28H,3-26H2,1-2H3. The molecule has 0 heterocycles. The number of unbranched alkanes of at least 4 members (excludes halogenated alkanes) is 16. The maximum absolute atomic E-state index is 6.14. The Hall–Kier alpha value is -0.0800. The zero-order chi connectivity index (χ0) is 21.5. The highest BCUT2D eigenvalue weighted by Gasteiger charge is 2.21. The van der Waals surface area contributed by atoms with Gasteiger partial charge in [-0.2, -0.15) is 0 Å². The third kappa shape index (κ3) is 17.6. The number of ether oxygens (including phenoxy) is 2. The Kier molecular flexibility index (Phi) is 20.6. The van der Waals surface area contributed by atoms with Crippen LogP contribution in [0.4, 0.5) is 0 Å². The molecule has 30 heavy (non-hydrogen) atoms. The monoisotopic (exact) mass is 424 g/mol. The number of rotatable bonds is 22. The van der Waals surface area contributed by atoms with Crippen LogP contribution in [-0.2, 0) is 9.47 Å². The SMILES string of the molecule is CCCCCCCCCCCOC1CCC(OCCCCCCCCCCC)CC1. The maximum Gasteiger partial charge on any atom is 0.0577 e. The molecule has 2 nitrogen and oxygen atoms in total. The van der Waals surface area contributed by atoms with Crippen molar-refractivity contribution in [2.24, 2.45) is 0 Å². The third-order valence-corrected chi connectivity index (χ3v) is 6.82. The topological polar surface area (TPSA) is 18.5 Å². The second-order valence-electron chi connectivity index (χ2n) is 9.80. The van der Waals surface area contributed by atoms with Crippen molar-refractivity contribution >= 4 is 0 Å². The van der Waals surface area contributed by atoms with Crippen LogP contribution in [-0.4, -0.2) is 25.4 Å². The molecule has 0 radical (unpaired) electrons. The van der Waals surface area contributed by atoms with E-state index in [1.165, 1.54) is 141 Å². The molecule has 0 aromatic carbocycles. The summed E-state index contributed by atoms with van der Waals surface area (Å²) >= 11 is 0. The first-order valence-electron chi connectivity index (χ1n) is 14.1. The van der Waals surface area contributed by atoms with Crippen molar-refractivity contribution < 1.29 is 9.47 Å². The van der Waals surface area contributed by atoms with E-state index < -0.39 is 0 Å². The molecule has 0 amide bonds. The highest BCUT2D eigenvalue weighted by atomic mass is 16.5. The summed E-state index contributed by atoms with van der Waals surface area (Å²) in [5, 5.41) is 0. The molecule has 0 aromatic heterocycles. The van der Waals surface area contributed by atoms with Gasteiger partial charge in [-0.05, 0) is 38.5 Å². The second kappa shape index (κ2) is 22.1. The van der Waals surface area contributed by atoms with Gasteiger partial charge in [-0.3, -0.25) is 0 Å². The van der Waals surface area contributed by atoms with E-state index in [-0.39, 0.29) is 0 Å². The second-order valence-corrected chi connectivity index (χ2v) is 9.80. The van der Waals surface area contributed by atoms with Gasteiger partial charge in [-0.25, -0.2) is 0 Å². The quantitative estimate of drug-likeness (QED) is 0.161. The average molecular weight is 425 g/mol. The van der Waals surface area contributed by atoms with E-state index in [2.05, 4.69) is 13.8 Å². The summed E-state index contributed by atoms with van der Waals surface area (Å²) in [5.41, 5.74) is 0. The predicted molar refractivity (Wildman–Crippen MR) is 132 cm³/mol. The first-order valence-corrected chi connectivity index (χ1v) is 14.1. The lowest BCUT2D eigenvalue weighted by atomic mass is 9.95. The van der Waals surface area contributed by atoms with Crippen molar-refractivity contribution in [1.29, 1.82) is 0 Å². The smallest absolute Gasteiger partial charge is 0.0577 e. The van der Waals surface area contributed by atoms with Crippen LogP contribution in [0.2, 0.25) is 0 Å². The predicted octanol–water partition coefficient (Wildman–Crippen LogP) is 9.39. The number of hydrogen-bond acceptors (Lipinski definition) is 2. The molecule has 0 aromatic rings. The van der Waals surface area contributed by atoms with Crippen LogP contribution >= 0.6 is 0 Å². The van der Waals surface area contributed by atoms with Gasteiger partial charge < -0.3 is 9.47 Å². The van der Waals surface area contributed by atoms with Gasteiger partial charge in [0, 0.05) is 13.2 Å². The highest BCUT2D eigenvalue weighted by Crippen LogP contribution is 2.24. The fourth-order valence-corrected chi connectivity index (χ4v) is 4.69. The number of hydrogen-bond donors (Lipinski definition) is 0. The van der Waals surface area contributed by atoms with E-state index in [0.29, 0.717) is 12.2 Å². The molecule has 1 saturated carbocycles. The molecule has 0 spiro atoms. The summed E-state index contributed by atoms with van der Waals surface area (Å²) < 4.78 is 12.3. The summed E-state index contributed by atoms with van der Waals surface area (Å²) in [7, 11) is 0. The molecule has 0 atom stereocenters. The summed E-state index contributed by atoms with van der Waals surface area (Å²) in [6, 6.07) is 0. The maximum atomic E-state index is 6.14. The van der Waals surface area contributed by atoms with E-state index in [0.717, 1.165) is 13.2 Å². The summed E-state index contributed by atoms with van der Waals surface area (Å²) in [4.78, 5) is 0. The first-order chi connectivity index (χ1) is 14.9. The van der Waals surface area contributed by atoms with E-state index in [1.807, 2.05) is 0 Å². The van der Waals surface area contributed by atoms with Gasteiger partial charge in [0.2, 0.25) is 0 Å². The third-order valence-electron chi connectivity index (χ3n) is 6.82. The van der Waals surface area contributed by atoms with Crippen LogP contribution in [0.3, 0.4) is 0 Å². The van der Waals surface area contributed by atoms with Crippen LogP contribution in [0.15, 0.2) is 0 Å². The van der Waals surface area contributed by atoms with Crippen molar-refractivity contribution in [1.82, 2.24) is 0 Å². The molecule has 2 heteroatoms. The van der Waals surface area contributed by atoms with Gasteiger partial charge in [-0.15, -0.1) is 0 Å². The molecule has 0 aliphatic heterocycles. The van der Waals surface area contributed by atoms with Crippen molar-refractivity contribution in [3.63, 3.8) is 0 Å². The Balaban J connectivity index is 1.80. The van der Waals surface area contributed by atoms with Gasteiger partial charge in [0.1, 0.15) is 0 Å². The average Bonchev–Trinajstić information content (AvgIpc) is 2.77. The minimum absolute atomic E-state index is 0.506. The largest absolute Gasteiger partial charge is 0.378 e. The van der Waals surface area contributed by atoms with Crippen molar-refractivity contribution in [3.8, 4) is 0 Å². The Morgan fingerprint density at radius 1 is 0.400 bits per heavy atom. The molecule has 1 rings (SSSR count). The Morgan fingerprint density at radius 3 is 0.967 bits per heavy atom. The Morgan fingerprint density at radius 2 is 0.667 bits per heavy atom. The van der Waals surface area contributed by atoms with Gasteiger partial charge in [0.15, 0.2) is 0 Å². The van der Waals surface area contributed by atoms with Crippen molar-refractivity contribution in [2.45, 2.75) is 167 Å². The van der Waals surface area contributed by atoms with Gasteiger partial charge >= 0.3 is 0 Å². The van der Waals surface area contributed by atoms with Crippen LogP contribution in [0.25, 0.3) is 0 Å². The minimum Gasteiger partial charge on any atom is -0.378 e. The molecule has 0 unspecified atom stereocenters. The minimum atomic E-state index is 0.506. The zero-order valence-corrected chi connectivity index (χ0v) is 20.9. The van der Waals surface area contributed by atoms with Crippen molar-refractivity contribution in [3.05, 3.63) is 0 Å². The van der Waals surface area contributed by atoms with E-state index in [1.54, 1.807) is 0 Å². The Labute approximate surface area is 190 Å². The molecule has 1 aliphatic rings. The lowest BCUT2D eigenvalue weighted by molar-refractivity contribution is -0.0327. The lowest BCUT2D eigenvalue weighted by Gasteiger charge is -2.28. The molecule has 180 valence electrons. The van der Waals surface area contributed by atoms with Crippen LogP contribution in [0.5, 0.6) is 0 Å². The summed E-state index contributed by atoms with van der Waals surface area (Å²) in [5.74, 6) is 0. The molecular weight excluding hydrogens is 368 g/mol.